The molecule has 2 heterocycles. The summed E-state index contributed by atoms with van der Waals surface area (Å²) >= 11 is 0. The molecule has 4 rings (SSSR count). The van der Waals surface area contributed by atoms with Crippen LogP contribution in [0, 0.1) is 0 Å². The van der Waals surface area contributed by atoms with Crippen LogP contribution in [0.25, 0.3) is 0 Å². The number of ether oxygens (including phenoxy) is 1. The van der Waals surface area contributed by atoms with Crippen LogP contribution in [0.3, 0.4) is 0 Å². The van der Waals surface area contributed by atoms with Crippen molar-refractivity contribution in [3.63, 3.8) is 0 Å². The highest BCUT2D eigenvalue weighted by molar-refractivity contribution is 5.75. The minimum Gasteiger partial charge on any atom is -0.497 e. The fraction of sp³-hybridized carbons (Fsp3) is 0.478. The van der Waals surface area contributed by atoms with E-state index in [1.165, 1.54) is 18.4 Å². The molecule has 148 valence electrons. The number of aromatic nitrogens is 1. The third-order valence-electron chi connectivity index (χ3n) is 6.36. The van der Waals surface area contributed by atoms with Crippen molar-refractivity contribution in [1.82, 2.24) is 15.2 Å². The van der Waals surface area contributed by atoms with E-state index in [0.717, 1.165) is 43.7 Å². The van der Waals surface area contributed by atoms with Gasteiger partial charge in [-0.25, -0.2) is 4.79 Å². The smallest absolute Gasteiger partial charge is 0.317 e. The van der Waals surface area contributed by atoms with Crippen molar-refractivity contribution in [3.8, 4) is 5.75 Å². The number of hydrogen-bond acceptors (Lipinski definition) is 3. The van der Waals surface area contributed by atoms with Crippen molar-refractivity contribution in [2.75, 3.05) is 20.2 Å². The Hall–Kier alpha value is -2.56. The molecule has 0 spiro atoms. The number of hydrogen-bond donors (Lipinski definition) is 1. The molecule has 2 aliphatic rings. The van der Waals surface area contributed by atoms with E-state index in [1.54, 1.807) is 13.3 Å². The third-order valence-corrected chi connectivity index (χ3v) is 6.36. The molecule has 1 atom stereocenters. The van der Waals surface area contributed by atoms with Gasteiger partial charge < -0.3 is 15.0 Å². The second kappa shape index (κ2) is 8.21. The Balaban J connectivity index is 1.48. The fourth-order valence-electron chi connectivity index (χ4n) is 4.81. The van der Waals surface area contributed by atoms with Gasteiger partial charge in [0, 0.05) is 24.7 Å². The minimum atomic E-state index is 0.00438. The molecule has 1 aromatic heterocycles. The van der Waals surface area contributed by atoms with Crippen LogP contribution in [0.1, 0.15) is 55.8 Å². The monoisotopic (exact) mass is 379 g/mol. The van der Waals surface area contributed by atoms with Crippen LogP contribution in [-0.2, 0) is 5.41 Å². The molecule has 5 nitrogen and oxygen atoms in total. The summed E-state index contributed by atoms with van der Waals surface area (Å²) in [6.07, 6.45) is 8.41. The number of amides is 2. The second-order valence-corrected chi connectivity index (χ2v) is 7.98. The third kappa shape index (κ3) is 3.71. The van der Waals surface area contributed by atoms with Gasteiger partial charge in [0.05, 0.1) is 18.8 Å². The van der Waals surface area contributed by atoms with Gasteiger partial charge in [-0.2, -0.15) is 0 Å². The van der Waals surface area contributed by atoms with Crippen molar-refractivity contribution >= 4 is 6.03 Å². The summed E-state index contributed by atoms with van der Waals surface area (Å²) in [4.78, 5) is 19.5. The largest absolute Gasteiger partial charge is 0.497 e. The Morgan fingerprint density at radius 3 is 2.82 bits per heavy atom. The molecule has 5 heteroatoms. The first-order valence-corrected chi connectivity index (χ1v) is 10.3. The summed E-state index contributed by atoms with van der Waals surface area (Å²) in [6.45, 7) is 1.46. The van der Waals surface area contributed by atoms with Crippen LogP contribution in [0.2, 0.25) is 0 Å². The van der Waals surface area contributed by atoms with Crippen LogP contribution in [-0.4, -0.2) is 36.1 Å². The molecular formula is C23H29N3O2. The van der Waals surface area contributed by atoms with Crippen molar-refractivity contribution < 1.29 is 9.53 Å². The summed E-state index contributed by atoms with van der Waals surface area (Å²) in [5.41, 5.74) is 2.26. The molecule has 1 aromatic carbocycles. The molecule has 2 amide bonds. The summed E-state index contributed by atoms with van der Waals surface area (Å²) in [5, 5.41) is 3.26. The van der Waals surface area contributed by atoms with Gasteiger partial charge >= 0.3 is 6.03 Å². The summed E-state index contributed by atoms with van der Waals surface area (Å²) in [5.74, 6) is 0.880. The first-order chi connectivity index (χ1) is 13.7. The Morgan fingerprint density at radius 2 is 2.07 bits per heavy atom. The highest BCUT2D eigenvalue weighted by atomic mass is 16.5. The van der Waals surface area contributed by atoms with Gasteiger partial charge in [0.1, 0.15) is 5.75 Å². The zero-order chi connectivity index (χ0) is 19.4. The van der Waals surface area contributed by atoms with Crippen molar-refractivity contribution in [2.45, 2.75) is 50.0 Å². The van der Waals surface area contributed by atoms with E-state index < -0.39 is 0 Å². The molecule has 0 bridgehead atoms. The number of likely N-dealkylation sites (tertiary alicyclic amines) is 1. The Morgan fingerprint density at radius 1 is 1.21 bits per heavy atom. The minimum absolute atomic E-state index is 0.00438. The Bertz CT molecular complexity index is 803. The average molecular weight is 380 g/mol. The van der Waals surface area contributed by atoms with Gasteiger partial charge in [-0.3, -0.25) is 4.98 Å². The van der Waals surface area contributed by atoms with E-state index in [0.29, 0.717) is 6.54 Å². The molecule has 1 saturated carbocycles. The average Bonchev–Trinajstić information content (AvgIpc) is 3.43. The number of rotatable bonds is 5. The second-order valence-electron chi connectivity index (χ2n) is 7.98. The molecule has 0 radical (unpaired) electrons. The maximum absolute atomic E-state index is 13.0. The van der Waals surface area contributed by atoms with Crippen molar-refractivity contribution in [3.05, 3.63) is 59.9 Å². The van der Waals surface area contributed by atoms with Crippen LogP contribution in [0.15, 0.2) is 48.7 Å². The predicted molar refractivity (Wildman–Crippen MR) is 109 cm³/mol. The number of urea groups is 1. The zero-order valence-corrected chi connectivity index (χ0v) is 16.6. The number of carbonyl (C=O) groups is 1. The lowest BCUT2D eigenvalue weighted by molar-refractivity contribution is 0.188. The summed E-state index contributed by atoms with van der Waals surface area (Å²) < 4.78 is 5.43. The molecule has 1 aliphatic heterocycles. The standard InChI is InChI=1S/C23H29N3O2/c1-28-19-9-6-8-18(16-19)23(12-3-4-13-23)17-25-22(27)26-15-7-11-21(26)20-10-2-5-14-24-20/h2,5-6,8-10,14,16,21H,3-4,7,11-13,15,17H2,1H3,(H,25,27). The predicted octanol–water partition coefficient (Wildman–Crippen LogP) is 4.45. The number of nitrogens with one attached hydrogen (secondary N) is 1. The van der Waals surface area contributed by atoms with Gasteiger partial charge in [-0.1, -0.05) is 31.0 Å². The number of carbonyl (C=O) groups excluding carboxylic acids is 1. The first-order valence-electron chi connectivity index (χ1n) is 10.3. The number of nitrogens with zero attached hydrogens (tertiary/aromatic N) is 2. The molecule has 28 heavy (non-hydrogen) atoms. The van der Waals surface area contributed by atoms with Gasteiger partial charge in [0.2, 0.25) is 0 Å². The van der Waals surface area contributed by atoms with E-state index in [-0.39, 0.29) is 17.5 Å². The maximum atomic E-state index is 13.0. The Labute approximate surface area is 167 Å². The lowest BCUT2D eigenvalue weighted by atomic mass is 9.78. The van der Waals surface area contributed by atoms with Crippen molar-refractivity contribution in [2.24, 2.45) is 0 Å². The molecule has 1 N–H and O–H groups in total. The molecule has 2 aromatic rings. The molecular weight excluding hydrogens is 350 g/mol. The van der Waals surface area contributed by atoms with Crippen LogP contribution in [0.4, 0.5) is 4.79 Å². The fourth-order valence-corrected chi connectivity index (χ4v) is 4.81. The van der Waals surface area contributed by atoms with Gasteiger partial charge in [0.25, 0.3) is 0 Å². The van der Waals surface area contributed by atoms with E-state index in [9.17, 15) is 4.79 Å². The molecule has 1 saturated heterocycles. The lowest BCUT2D eigenvalue weighted by Crippen LogP contribution is -2.45. The van der Waals surface area contributed by atoms with Gasteiger partial charge in [-0.15, -0.1) is 0 Å². The quantitative estimate of drug-likeness (QED) is 0.835. The van der Waals surface area contributed by atoms with E-state index in [2.05, 4.69) is 22.4 Å². The number of benzene rings is 1. The highest BCUT2D eigenvalue weighted by Gasteiger charge is 2.38. The van der Waals surface area contributed by atoms with Crippen molar-refractivity contribution in [1.29, 1.82) is 0 Å². The SMILES string of the molecule is COc1cccc(C2(CNC(=O)N3CCCC3c3ccccn3)CCCC2)c1. The summed E-state index contributed by atoms with van der Waals surface area (Å²) in [6, 6.07) is 14.4. The number of methoxy groups -OCH3 is 1. The zero-order valence-electron chi connectivity index (χ0n) is 16.6. The topological polar surface area (TPSA) is 54.5 Å². The summed E-state index contributed by atoms with van der Waals surface area (Å²) in [7, 11) is 1.70. The number of pyridine rings is 1. The van der Waals surface area contributed by atoms with Crippen LogP contribution in [0.5, 0.6) is 5.75 Å². The van der Waals surface area contributed by atoms with Crippen LogP contribution < -0.4 is 10.1 Å². The molecule has 1 aliphatic carbocycles. The molecule has 2 fully saturated rings. The normalized spacial score (nSPS) is 20.9. The maximum Gasteiger partial charge on any atom is 0.317 e. The first kappa shape index (κ1) is 18.8. The van der Waals surface area contributed by atoms with E-state index >= 15 is 0 Å². The van der Waals surface area contributed by atoms with Gasteiger partial charge in [-0.05, 0) is 55.5 Å². The lowest BCUT2D eigenvalue weighted by Gasteiger charge is -2.32. The molecule has 1 unspecified atom stereocenters. The van der Waals surface area contributed by atoms with E-state index in [4.69, 9.17) is 4.74 Å². The van der Waals surface area contributed by atoms with Gasteiger partial charge in [0.15, 0.2) is 0 Å². The van der Waals surface area contributed by atoms with Crippen LogP contribution >= 0.6 is 0 Å². The highest BCUT2D eigenvalue weighted by Crippen LogP contribution is 2.41. The van der Waals surface area contributed by atoms with E-state index in [1.807, 2.05) is 35.2 Å². The Kier molecular flexibility index (Phi) is 5.51.